The summed E-state index contributed by atoms with van der Waals surface area (Å²) in [6.07, 6.45) is 3.62. The van der Waals surface area contributed by atoms with Crippen LogP contribution >= 0.6 is 0 Å². The van der Waals surface area contributed by atoms with Crippen molar-refractivity contribution in [3.05, 3.63) is 29.8 Å². The molecule has 7 nitrogen and oxygen atoms in total. The van der Waals surface area contributed by atoms with Gasteiger partial charge in [0.1, 0.15) is 11.5 Å². The van der Waals surface area contributed by atoms with Crippen LogP contribution in [-0.4, -0.2) is 27.1 Å². The predicted molar refractivity (Wildman–Crippen MR) is 67.0 cm³/mol. The van der Waals surface area contributed by atoms with Gasteiger partial charge in [0.2, 0.25) is 5.95 Å². The molecule has 0 saturated heterocycles. The molecule has 0 aliphatic heterocycles. The van der Waals surface area contributed by atoms with E-state index in [1.54, 1.807) is 19.1 Å². The van der Waals surface area contributed by atoms with E-state index >= 15 is 0 Å². The van der Waals surface area contributed by atoms with Crippen molar-refractivity contribution in [3.63, 3.8) is 0 Å². The minimum absolute atomic E-state index is 0.177. The molecule has 0 aromatic carbocycles. The Bertz CT molecular complexity index is 606. The van der Waals surface area contributed by atoms with Gasteiger partial charge in [-0.1, -0.05) is 5.16 Å². The Kier molecular flexibility index (Phi) is 2.86. The number of rotatable bonds is 4. The van der Waals surface area contributed by atoms with Gasteiger partial charge in [-0.3, -0.25) is 4.79 Å². The largest absolute Gasteiger partial charge is 0.360 e. The number of carbonyl (C=O) groups excluding carboxylic acids is 1. The van der Waals surface area contributed by atoms with Crippen molar-refractivity contribution in [2.45, 2.75) is 25.8 Å². The first-order valence-corrected chi connectivity index (χ1v) is 6.05. The van der Waals surface area contributed by atoms with E-state index in [2.05, 4.69) is 25.8 Å². The van der Waals surface area contributed by atoms with Gasteiger partial charge in [0.25, 0.3) is 5.91 Å². The van der Waals surface area contributed by atoms with Crippen molar-refractivity contribution in [1.29, 1.82) is 0 Å². The zero-order valence-electron chi connectivity index (χ0n) is 10.4. The van der Waals surface area contributed by atoms with Gasteiger partial charge in [0.15, 0.2) is 5.82 Å². The van der Waals surface area contributed by atoms with E-state index in [1.807, 2.05) is 0 Å². The molecule has 0 radical (unpaired) electrons. The van der Waals surface area contributed by atoms with Crippen molar-refractivity contribution in [1.82, 2.24) is 20.4 Å². The molecule has 2 aromatic rings. The fourth-order valence-corrected chi connectivity index (χ4v) is 1.57. The highest BCUT2D eigenvalue weighted by atomic mass is 16.5. The maximum absolute atomic E-state index is 11.8. The highest BCUT2D eigenvalue weighted by molar-refractivity contribution is 5.92. The van der Waals surface area contributed by atoms with Crippen LogP contribution in [0.25, 0.3) is 0 Å². The molecule has 98 valence electrons. The summed E-state index contributed by atoms with van der Waals surface area (Å²) in [6, 6.07) is 3.61. The highest BCUT2D eigenvalue weighted by Crippen LogP contribution is 2.19. The maximum Gasteiger partial charge on any atom is 0.270 e. The topological polar surface area (TPSA) is 92.9 Å². The van der Waals surface area contributed by atoms with Crippen molar-refractivity contribution in [2.24, 2.45) is 0 Å². The third-order valence-electron chi connectivity index (χ3n) is 2.67. The lowest BCUT2D eigenvalue weighted by atomic mass is 10.4. The second-order valence-electron chi connectivity index (χ2n) is 4.46. The Morgan fingerprint density at radius 2 is 2.32 bits per heavy atom. The summed E-state index contributed by atoms with van der Waals surface area (Å²) in [7, 11) is 0. The molecule has 7 heteroatoms. The van der Waals surface area contributed by atoms with E-state index in [9.17, 15) is 4.79 Å². The molecule has 0 atom stereocenters. The average molecular weight is 259 g/mol. The van der Waals surface area contributed by atoms with E-state index in [0.717, 1.165) is 12.8 Å². The van der Waals surface area contributed by atoms with E-state index < -0.39 is 0 Å². The molecular formula is C12H13N5O2. The molecule has 3 rings (SSSR count). The lowest BCUT2D eigenvalue weighted by molar-refractivity contribution is 0.0946. The lowest BCUT2D eigenvalue weighted by Crippen LogP contribution is -2.26. The minimum Gasteiger partial charge on any atom is -0.360 e. The summed E-state index contributed by atoms with van der Waals surface area (Å²) in [5.41, 5.74) is 0.338. The van der Waals surface area contributed by atoms with Gasteiger partial charge in [-0.25, -0.2) is 9.97 Å². The van der Waals surface area contributed by atoms with Crippen molar-refractivity contribution >= 4 is 17.7 Å². The van der Waals surface area contributed by atoms with Crippen LogP contribution < -0.4 is 10.6 Å². The molecule has 1 amide bonds. The summed E-state index contributed by atoms with van der Waals surface area (Å²) in [4.78, 5) is 20.0. The SMILES string of the molecule is Cc1cc(Nc2nccc(C(=O)NC3CC3)n2)no1. The first-order chi connectivity index (χ1) is 9.20. The van der Waals surface area contributed by atoms with Gasteiger partial charge in [-0.05, 0) is 25.8 Å². The van der Waals surface area contributed by atoms with E-state index in [-0.39, 0.29) is 5.91 Å². The van der Waals surface area contributed by atoms with Crippen molar-refractivity contribution < 1.29 is 9.32 Å². The molecule has 1 aliphatic rings. The van der Waals surface area contributed by atoms with Crippen LogP contribution in [0.4, 0.5) is 11.8 Å². The number of hydrogen-bond donors (Lipinski definition) is 2. The number of hydrogen-bond acceptors (Lipinski definition) is 6. The molecule has 0 unspecified atom stereocenters. The normalized spacial score (nSPS) is 14.2. The second kappa shape index (κ2) is 4.68. The zero-order chi connectivity index (χ0) is 13.2. The van der Waals surface area contributed by atoms with Gasteiger partial charge < -0.3 is 15.2 Å². The van der Waals surface area contributed by atoms with Gasteiger partial charge >= 0.3 is 0 Å². The second-order valence-corrected chi connectivity index (χ2v) is 4.46. The summed E-state index contributed by atoms with van der Waals surface area (Å²) < 4.78 is 4.93. The number of amides is 1. The van der Waals surface area contributed by atoms with Crippen LogP contribution in [0, 0.1) is 6.92 Å². The average Bonchev–Trinajstić information content (AvgIpc) is 3.12. The Labute approximate surface area is 109 Å². The van der Waals surface area contributed by atoms with E-state index in [4.69, 9.17) is 4.52 Å². The van der Waals surface area contributed by atoms with Crippen LogP contribution in [0.1, 0.15) is 29.1 Å². The molecule has 1 aliphatic carbocycles. The van der Waals surface area contributed by atoms with Crippen molar-refractivity contribution in [3.8, 4) is 0 Å². The molecule has 1 fully saturated rings. The van der Waals surface area contributed by atoms with Crippen LogP contribution in [0.2, 0.25) is 0 Å². The molecule has 0 spiro atoms. The van der Waals surface area contributed by atoms with E-state index in [1.165, 1.54) is 6.20 Å². The monoisotopic (exact) mass is 259 g/mol. The predicted octanol–water partition coefficient (Wildman–Crippen LogP) is 1.41. The summed E-state index contributed by atoms with van der Waals surface area (Å²) in [5.74, 6) is 1.34. The quantitative estimate of drug-likeness (QED) is 0.862. The number of nitrogens with one attached hydrogen (secondary N) is 2. The Balaban J connectivity index is 1.73. The number of nitrogens with zero attached hydrogens (tertiary/aromatic N) is 3. The molecule has 0 bridgehead atoms. The molecule has 1 saturated carbocycles. The van der Waals surface area contributed by atoms with Crippen molar-refractivity contribution in [2.75, 3.05) is 5.32 Å². The van der Waals surface area contributed by atoms with Gasteiger partial charge in [0.05, 0.1) is 0 Å². The third kappa shape index (κ3) is 2.87. The van der Waals surface area contributed by atoms with Gasteiger partial charge in [-0.15, -0.1) is 0 Å². The number of aryl methyl sites for hydroxylation is 1. The van der Waals surface area contributed by atoms with Crippen LogP contribution in [0.15, 0.2) is 22.9 Å². The number of aromatic nitrogens is 3. The van der Waals surface area contributed by atoms with Gasteiger partial charge in [-0.2, -0.15) is 0 Å². The number of carbonyl (C=O) groups is 1. The molecule has 2 N–H and O–H groups in total. The molecular weight excluding hydrogens is 246 g/mol. The van der Waals surface area contributed by atoms with E-state index in [0.29, 0.717) is 29.3 Å². The summed E-state index contributed by atoms with van der Waals surface area (Å²) in [5, 5.41) is 9.53. The lowest BCUT2D eigenvalue weighted by Gasteiger charge is -2.04. The fraction of sp³-hybridized carbons (Fsp3) is 0.333. The summed E-state index contributed by atoms with van der Waals surface area (Å²) >= 11 is 0. The molecule has 19 heavy (non-hydrogen) atoms. The number of anilines is 2. The zero-order valence-corrected chi connectivity index (χ0v) is 10.4. The fourth-order valence-electron chi connectivity index (χ4n) is 1.57. The Morgan fingerprint density at radius 1 is 1.47 bits per heavy atom. The molecule has 2 aromatic heterocycles. The first-order valence-electron chi connectivity index (χ1n) is 6.05. The van der Waals surface area contributed by atoms with Gasteiger partial charge in [0, 0.05) is 18.3 Å². The standard InChI is InChI=1S/C12H13N5O2/c1-7-6-10(17-19-7)16-12-13-5-4-9(15-12)11(18)14-8-2-3-8/h4-6,8H,2-3H2,1H3,(H,14,18)(H,13,15,16,17). The third-order valence-corrected chi connectivity index (χ3v) is 2.67. The van der Waals surface area contributed by atoms with Crippen LogP contribution in [0.3, 0.4) is 0 Å². The first kappa shape index (κ1) is 11.6. The Hall–Kier alpha value is -2.44. The highest BCUT2D eigenvalue weighted by Gasteiger charge is 2.24. The molecule has 2 heterocycles. The Morgan fingerprint density at radius 3 is 3.00 bits per heavy atom. The van der Waals surface area contributed by atoms with Crippen LogP contribution in [0.5, 0.6) is 0 Å². The smallest absolute Gasteiger partial charge is 0.270 e. The summed E-state index contributed by atoms with van der Waals surface area (Å²) in [6.45, 7) is 1.79. The minimum atomic E-state index is -0.177. The maximum atomic E-state index is 11.8. The van der Waals surface area contributed by atoms with Crippen LogP contribution in [-0.2, 0) is 0 Å².